The summed E-state index contributed by atoms with van der Waals surface area (Å²) in [6, 6.07) is 3.54. The molecule has 1 amide bonds. The van der Waals surface area contributed by atoms with Gasteiger partial charge in [0.05, 0.1) is 12.0 Å². The molecule has 19 heavy (non-hydrogen) atoms. The van der Waals surface area contributed by atoms with E-state index in [0.717, 1.165) is 0 Å². The number of carbonyl (C=O) groups excluding carboxylic acids is 2. The fourth-order valence-corrected chi connectivity index (χ4v) is 1.59. The second-order valence-corrected chi connectivity index (χ2v) is 3.95. The van der Waals surface area contributed by atoms with Gasteiger partial charge in [-0.2, -0.15) is 0 Å². The van der Waals surface area contributed by atoms with Gasteiger partial charge in [-0.3, -0.25) is 14.9 Å². The number of esters is 1. The molecule has 1 atom stereocenters. The van der Waals surface area contributed by atoms with E-state index in [2.05, 4.69) is 10.1 Å². The topological polar surface area (TPSA) is 98.5 Å². The van der Waals surface area contributed by atoms with Crippen molar-refractivity contribution >= 4 is 17.6 Å². The zero-order chi connectivity index (χ0) is 14.6. The first-order valence-electron chi connectivity index (χ1n) is 5.51. The summed E-state index contributed by atoms with van der Waals surface area (Å²) < 4.78 is 4.46. The van der Waals surface area contributed by atoms with E-state index in [9.17, 15) is 19.7 Å². The van der Waals surface area contributed by atoms with Crippen molar-refractivity contribution in [1.29, 1.82) is 0 Å². The molecule has 0 fully saturated rings. The van der Waals surface area contributed by atoms with Crippen LogP contribution < -0.4 is 5.32 Å². The van der Waals surface area contributed by atoms with Crippen LogP contribution in [0.25, 0.3) is 0 Å². The molecule has 7 heteroatoms. The Labute approximate surface area is 109 Å². The molecular weight excluding hydrogens is 252 g/mol. The van der Waals surface area contributed by atoms with Crippen LogP contribution in [0.2, 0.25) is 0 Å². The largest absolute Gasteiger partial charge is 0.467 e. The number of nitrogens with zero attached hydrogens (tertiary/aromatic N) is 1. The summed E-state index contributed by atoms with van der Waals surface area (Å²) in [5.74, 6) is -1.31. The van der Waals surface area contributed by atoms with Crippen molar-refractivity contribution in [3.05, 3.63) is 39.4 Å². The molecule has 1 aromatic carbocycles. The summed E-state index contributed by atoms with van der Waals surface area (Å²) in [7, 11) is 1.19. The number of hydrogen-bond acceptors (Lipinski definition) is 5. The Balaban J connectivity index is 3.04. The Bertz CT molecular complexity index is 527. The minimum atomic E-state index is -0.877. The highest BCUT2D eigenvalue weighted by molar-refractivity contribution is 6.00. The highest BCUT2D eigenvalue weighted by Crippen LogP contribution is 2.22. The molecule has 1 N–H and O–H groups in total. The van der Waals surface area contributed by atoms with Crippen LogP contribution in [-0.4, -0.2) is 30.0 Å². The van der Waals surface area contributed by atoms with Crippen molar-refractivity contribution in [3.63, 3.8) is 0 Å². The van der Waals surface area contributed by atoms with Crippen molar-refractivity contribution < 1.29 is 19.2 Å². The van der Waals surface area contributed by atoms with Gasteiger partial charge in [0.15, 0.2) is 0 Å². The standard InChI is InChI=1S/C12H14N2O5/c1-7-5-4-6-9(10(7)14(17)18)11(15)13-8(2)12(16)19-3/h4-6,8H,1-3H3,(H,13,15). The molecule has 1 aromatic rings. The maximum absolute atomic E-state index is 11.9. The molecule has 0 spiro atoms. The summed E-state index contributed by atoms with van der Waals surface area (Å²) in [6.45, 7) is 2.98. The number of amides is 1. The molecule has 102 valence electrons. The predicted octanol–water partition coefficient (Wildman–Crippen LogP) is 1.19. The van der Waals surface area contributed by atoms with Crippen LogP contribution in [0.3, 0.4) is 0 Å². The van der Waals surface area contributed by atoms with Gasteiger partial charge < -0.3 is 10.1 Å². The zero-order valence-corrected chi connectivity index (χ0v) is 10.8. The van der Waals surface area contributed by atoms with Gasteiger partial charge in [0.25, 0.3) is 11.6 Å². The van der Waals surface area contributed by atoms with Gasteiger partial charge in [-0.05, 0) is 19.9 Å². The third-order valence-corrected chi connectivity index (χ3v) is 2.57. The van der Waals surface area contributed by atoms with Gasteiger partial charge in [-0.1, -0.05) is 12.1 Å². The smallest absolute Gasteiger partial charge is 0.328 e. The van der Waals surface area contributed by atoms with Crippen LogP contribution >= 0.6 is 0 Å². The lowest BCUT2D eigenvalue weighted by Gasteiger charge is -2.12. The van der Waals surface area contributed by atoms with Gasteiger partial charge in [0.1, 0.15) is 11.6 Å². The fourth-order valence-electron chi connectivity index (χ4n) is 1.59. The summed E-state index contributed by atoms with van der Waals surface area (Å²) in [4.78, 5) is 33.5. The number of carbonyl (C=O) groups is 2. The van der Waals surface area contributed by atoms with E-state index in [1.807, 2.05) is 0 Å². The molecule has 1 unspecified atom stereocenters. The Hall–Kier alpha value is -2.44. The first-order valence-corrected chi connectivity index (χ1v) is 5.51. The third-order valence-electron chi connectivity index (χ3n) is 2.57. The Morgan fingerprint density at radius 2 is 2.05 bits per heavy atom. The number of para-hydroxylation sites is 1. The van der Waals surface area contributed by atoms with Crippen LogP contribution in [0.1, 0.15) is 22.8 Å². The number of rotatable bonds is 4. The van der Waals surface area contributed by atoms with Crippen LogP contribution in [0.15, 0.2) is 18.2 Å². The summed E-state index contributed by atoms with van der Waals surface area (Å²) in [5, 5.41) is 13.3. The number of benzene rings is 1. The number of methoxy groups -OCH3 is 1. The minimum Gasteiger partial charge on any atom is -0.467 e. The van der Waals surface area contributed by atoms with E-state index in [1.165, 1.54) is 20.1 Å². The molecule has 0 aliphatic rings. The molecule has 1 rings (SSSR count). The lowest BCUT2D eigenvalue weighted by Crippen LogP contribution is -2.39. The van der Waals surface area contributed by atoms with Gasteiger partial charge in [-0.15, -0.1) is 0 Å². The maximum atomic E-state index is 11.9. The predicted molar refractivity (Wildman–Crippen MR) is 66.8 cm³/mol. The molecule has 0 heterocycles. The highest BCUT2D eigenvalue weighted by Gasteiger charge is 2.25. The molecule has 0 saturated carbocycles. The second kappa shape index (κ2) is 5.94. The molecule has 0 aromatic heterocycles. The van der Waals surface area contributed by atoms with Gasteiger partial charge >= 0.3 is 5.97 Å². The normalized spacial score (nSPS) is 11.5. The molecule has 0 aliphatic carbocycles. The van der Waals surface area contributed by atoms with E-state index < -0.39 is 22.8 Å². The second-order valence-electron chi connectivity index (χ2n) is 3.95. The van der Waals surface area contributed by atoms with Crippen LogP contribution in [0, 0.1) is 17.0 Å². The highest BCUT2D eigenvalue weighted by atomic mass is 16.6. The first kappa shape index (κ1) is 14.6. The van der Waals surface area contributed by atoms with E-state index in [0.29, 0.717) is 5.56 Å². The van der Waals surface area contributed by atoms with Crippen molar-refractivity contribution in [3.8, 4) is 0 Å². The van der Waals surface area contributed by atoms with Gasteiger partial charge in [0.2, 0.25) is 0 Å². The van der Waals surface area contributed by atoms with E-state index >= 15 is 0 Å². The number of nitro groups is 1. The zero-order valence-electron chi connectivity index (χ0n) is 10.8. The van der Waals surface area contributed by atoms with E-state index in [4.69, 9.17) is 0 Å². The third kappa shape index (κ3) is 3.27. The number of ether oxygens (including phenoxy) is 1. The van der Waals surface area contributed by atoms with Crippen molar-refractivity contribution in [2.45, 2.75) is 19.9 Å². The molecular formula is C12H14N2O5. The minimum absolute atomic E-state index is 0.0826. The number of aryl methyl sites for hydroxylation is 1. The average Bonchev–Trinajstić information content (AvgIpc) is 2.36. The fraction of sp³-hybridized carbons (Fsp3) is 0.333. The molecule has 0 saturated heterocycles. The monoisotopic (exact) mass is 266 g/mol. The lowest BCUT2D eigenvalue weighted by atomic mass is 10.1. The van der Waals surface area contributed by atoms with Crippen LogP contribution in [-0.2, 0) is 9.53 Å². The SMILES string of the molecule is COC(=O)C(C)NC(=O)c1cccc(C)c1[N+](=O)[O-]. The maximum Gasteiger partial charge on any atom is 0.328 e. The molecule has 7 nitrogen and oxygen atoms in total. The van der Waals surface area contributed by atoms with E-state index in [-0.39, 0.29) is 11.3 Å². The van der Waals surface area contributed by atoms with Gasteiger partial charge in [-0.25, -0.2) is 4.79 Å². The van der Waals surface area contributed by atoms with Crippen LogP contribution in [0.4, 0.5) is 5.69 Å². The quantitative estimate of drug-likeness (QED) is 0.501. The first-order chi connectivity index (χ1) is 8.88. The molecule has 0 aliphatic heterocycles. The Kier molecular flexibility index (Phi) is 4.57. The Morgan fingerprint density at radius 3 is 2.58 bits per heavy atom. The molecule has 0 bridgehead atoms. The van der Waals surface area contributed by atoms with Crippen LogP contribution in [0.5, 0.6) is 0 Å². The molecule has 0 radical (unpaired) electrons. The summed E-state index contributed by atoms with van der Waals surface area (Å²) >= 11 is 0. The van der Waals surface area contributed by atoms with Crippen molar-refractivity contribution in [2.24, 2.45) is 0 Å². The number of nitrogens with one attached hydrogen (secondary N) is 1. The lowest BCUT2D eigenvalue weighted by molar-refractivity contribution is -0.385. The summed E-state index contributed by atoms with van der Waals surface area (Å²) in [5.41, 5.74) is 0.0289. The van der Waals surface area contributed by atoms with Crippen molar-refractivity contribution in [2.75, 3.05) is 7.11 Å². The number of nitro benzene ring substituents is 1. The van der Waals surface area contributed by atoms with Crippen molar-refractivity contribution in [1.82, 2.24) is 5.32 Å². The average molecular weight is 266 g/mol. The van der Waals surface area contributed by atoms with Gasteiger partial charge in [0, 0.05) is 5.56 Å². The number of hydrogen-bond donors (Lipinski definition) is 1. The summed E-state index contributed by atoms with van der Waals surface area (Å²) in [6.07, 6.45) is 0. The van der Waals surface area contributed by atoms with E-state index in [1.54, 1.807) is 19.1 Å². The Morgan fingerprint density at radius 1 is 1.42 bits per heavy atom.